The van der Waals surface area contributed by atoms with Gasteiger partial charge in [0.05, 0.1) is 6.61 Å². The molecule has 0 atom stereocenters. The van der Waals surface area contributed by atoms with Gasteiger partial charge in [0.15, 0.2) is 17.4 Å². The molecular weight excluding hydrogens is 216 g/mol. The molecule has 0 heterocycles. The summed E-state index contributed by atoms with van der Waals surface area (Å²) < 4.78 is 58.3. The van der Waals surface area contributed by atoms with Gasteiger partial charge < -0.3 is 9.47 Å². The van der Waals surface area contributed by atoms with E-state index in [1.807, 2.05) is 0 Å². The van der Waals surface area contributed by atoms with Gasteiger partial charge in [-0.15, -0.1) is 0 Å². The molecule has 0 aliphatic carbocycles. The quantitative estimate of drug-likeness (QED) is 0.732. The third-order valence-corrected chi connectivity index (χ3v) is 1.51. The number of hydrogen-bond acceptors (Lipinski definition) is 2. The summed E-state index contributed by atoms with van der Waals surface area (Å²) in [5.74, 6) is -3.60. The summed E-state index contributed by atoms with van der Waals surface area (Å²) in [6.45, 7) is -1.71. The SMILES string of the molecule is CCOc1c(F)ccc(F)c1OC(F)F. The molecular formula is C9H8F4O2. The zero-order valence-electron chi connectivity index (χ0n) is 7.77. The molecule has 0 saturated heterocycles. The van der Waals surface area contributed by atoms with Crippen LogP contribution >= 0.6 is 0 Å². The van der Waals surface area contributed by atoms with E-state index in [4.69, 9.17) is 0 Å². The van der Waals surface area contributed by atoms with Crippen molar-refractivity contribution in [3.8, 4) is 11.5 Å². The van der Waals surface area contributed by atoms with E-state index >= 15 is 0 Å². The normalized spacial score (nSPS) is 10.5. The third kappa shape index (κ3) is 2.74. The van der Waals surface area contributed by atoms with Crippen molar-refractivity contribution in [3.63, 3.8) is 0 Å². The van der Waals surface area contributed by atoms with E-state index in [1.54, 1.807) is 0 Å². The molecule has 1 aromatic rings. The fourth-order valence-corrected chi connectivity index (χ4v) is 0.992. The molecule has 0 saturated carbocycles. The van der Waals surface area contributed by atoms with E-state index in [1.165, 1.54) is 6.92 Å². The molecule has 1 aromatic carbocycles. The van der Waals surface area contributed by atoms with Crippen LogP contribution in [0, 0.1) is 11.6 Å². The van der Waals surface area contributed by atoms with Crippen molar-refractivity contribution >= 4 is 0 Å². The standard InChI is InChI=1S/C9H8F4O2/c1-2-14-7-5(10)3-4-6(11)8(7)15-9(12)13/h3-4,9H,2H2,1H3. The molecule has 0 unspecified atom stereocenters. The van der Waals surface area contributed by atoms with E-state index in [9.17, 15) is 17.6 Å². The van der Waals surface area contributed by atoms with Gasteiger partial charge >= 0.3 is 6.61 Å². The first-order valence-corrected chi connectivity index (χ1v) is 4.11. The van der Waals surface area contributed by atoms with Gasteiger partial charge in [0.25, 0.3) is 0 Å². The highest BCUT2D eigenvalue weighted by molar-refractivity contribution is 5.42. The molecule has 6 heteroatoms. The molecule has 84 valence electrons. The Labute approximate surface area is 83.4 Å². The van der Waals surface area contributed by atoms with E-state index in [2.05, 4.69) is 9.47 Å². The predicted octanol–water partition coefficient (Wildman–Crippen LogP) is 2.96. The van der Waals surface area contributed by atoms with Gasteiger partial charge in [-0.3, -0.25) is 0 Å². The molecule has 0 aliphatic heterocycles. The van der Waals surface area contributed by atoms with Crippen LogP contribution < -0.4 is 9.47 Å². The molecule has 0 N–H and O–H groups in total. The van der Waals surface area contributed by atoms with E-state index < -0.39 is 29.7 Å². The molecule has 0 fully saturated rings. The van der Waals surface area contributed by atoms with Gasteiger partial charge in [-0.25, -0.2) is 8.78 Å². The smallest absolute Gasteiger partial charge is 0.387 e. The lowest BCUT2D eigenvalue weighted by Crippen LogP contribution is -2.07. The lowest BCUT2D eigenvalue weighted by Gasteiger charge is -2.12. The van der Waals surface area contributed by atoms with Crippen molar-refractivity contribution in [1.29, 1.82) is 0 Å². The monoisotopic (exact) mass is 224 g/mol. The number of benzene rings is 1. The topological polar surface area (TPSA) is 18.5 Å². The lowest BCUT2D eigenvalue weighted by molar-refractivity contribution is -0.0541. The predicted molar refractivity (Wildman–Crippen MR) is 44.2 cm³/mol. The first-order chi connectivity index (χ1) is 7.06. The van der Waals surface area contributed by atoms with E-state index in [-0.39, 0.29) is 6.61 Å². The maximum absolute atomic E-state index is 13.1. The summed E-state index contributed by atoms with van der Waals surface area (Å²) in [7, 11) is 0. The summed E-state index contributed by atoms with van der Waals surface area (Å²) >= 11 is 0. The first kappa shape index (κ1) is 11.6. The zero-order valence-corrected chi connectivity index (χ0v) is 7.77. The zero-order chi connectivity index (χ0) is 11.4. The Balaban J connectivity index is 3.12. The Bertz CT molecular complexity index is 341. The average Bonchev–Trinajstić information content (AvgIpc) is 2.17. The minimum absolute atomic E-state index is 0.0139. The number of hydrogen-bond donors (Lipinski definition) is 0. The molecule has 0 bridgehead atoms. The van der Waals surface area contributed by atoms with Gasteiger partial charge in [0.2, 0.25) is 5.75 Å². The summed E-state index contributed by atoms with van der Waals surface area (Å²) in [5.41, 5.74) is 0. The Morgan fingerprint density at radius 1 is 1.13 bits per heavy atom. The molecule has 2 nitrogen and oxygen atoms in total. The Hall–Kier alpha value is -1.46. The van der Waals surface area contributed by atoms with Crippen molar-refractivity contribution in [2.75, 3.05) is 6.61 Å². The molecule has 0 aliphatic rings. The van der Waals surface area contributed by atoms with Crippen LogP contribution in [0.4, 0.5) is 17.6 Å². The Morgan fingerprint density at radius 2 is 1.67 bits per heavy atom. The second-order valence-corrected chi connectivity index (χ2v) is 2.50. The highest BCUT2D eigenvalue weighted by atomic mass is 19.3. The molecule has 0 amide bonds. The summed E-state index contributed by atoms with van der Waals surface area (Å²) in [6.07, 6.45) is 0. The third-order valence-electron chi connectivity index (χ3n) is 1.51. The molecule has 0 aromatic heterocycles. The van der Waals surface area contributed by atoms with Crippen molar-refractivity contribution < 1.29 is 27.0 Å². The van der Waals surface area contributed by atoms with Crippen LogP contribution in [0.1, 0.15) is 6.92 Å². The highest BCUT2D eigenvalue weighted by Gasteiger charge is 2.19. The van der Waals surface area contributed by atoms with E-state index in [0.717, 1.165) is 6.07 Å². The van der Waals surface area contributed by atoms with Crippen molar-refractivity contribution in [2.24, 2.45) is 0 Å². The van der Waals surface area contributed by atoms with Crippen LogP contribution in [0.25, 0.3) is 0 Å². The number of alkyl halides is 2. The molecule has 0 radical (unpaired) electrons. The van der Waals surface area contributed by atoms with Crippen LogP contribution in [0.15, 0.2) is 12.1 Å². The van der Waals surface area contributed by atoms with Crippen molar-refractivity contribution in [2.45, 2.75) is 13.5 Å². The number of ether oxygens (including phenoxy) is 2. The van der Waals surface area contributed by atoms with Crippen LogP contribution in [0.5, 0.6) is 11.5 Å². The Morgan fingerprint density at radius 3 is 2.13 bits per heavy atom. The first-order valence-electron chi connectivity index (χ1n) is 4.11. The van der Waals surface area contributed by atoms with Crippen LogP contribution in [0.3, 0.4) is 0 Å². The number of rotatable bonds is 4. The van der Waals surface area contributed by atoms with Gasteiger partial charge in [-0.2, -0.15) is 8.78 Å². The second kappa shape index (κ2) is 4.86. The summed E-state index contributed by atoms with van der Waals surface area (Å²) in [6, 6.07) is 1.47. The number of halogens is 4. The van der Waals surface area contributed by atoms with Gasteiger partial charge in [-0.05, 0) is 19.1 Å². The molecule has 15 heavy (non-hydrogen) atoms. The maximum atomic E-state index is 13.1. The summed E-state index contributed by atoms with van der Waals surface area (Å²) in [5, 5.41) is 0. The summed E-state index contributed by atoms with van der Waals surface area (Å²) in [4.78, 5) is 0. The van der Waals surface area contributed by atoms with Crippen molar-refractivity contribution in [1.82, 2.24) is 0 Å². The van der Waals surface area contributed by atoms with Crippen LogP contribution in [-0.4, -0.2) is 13.2 Å². The van der Waals surface area contributed by atoms with Gasteiger partial charge in [-0.1, -0.05) is 0 Å². The minimum Gasteiger partial charge on any atom is -0.487 e. The second-order valence-electron chi connectivity index (χ2n) is 2.50. The fraction of sp³-hybridized carbons (Fsp3) is 0.333. The van der Waals surface area contributed by atoms with E-state index in [0.29, 0.717) is 6.07 Å². The van der Waals surface area contributed by atoms with Gasteiger partial charge in [0, 0.05) is 0 Å². The average molecular weight is 224 g/mol. The highest BCUT2D eigenvalue weighted by Crippen LogP contribution is 2.34. The minimum atomic E-state index is -3.24. The lowest BCUT2D eigenvalue weighted by atomic mass is 10.3. The maximum Gasteiger partial charge on any atom is 0.387 e. The van der Waals surface area contributed by atoms with Gasteiger partial charge in [0.1, 0.15) is 0 Å². The largest absolute Gasteiger partial charge is 0.487 e. The molecule has 1 rings (SSSR count). The fourth-order valence-electron chi connectivity index (χ4n) is 0.992. The Kier molecular flexibility index (Phi) is 3.76. The van der Waals surface area contributed by atoms with Crippen LogP contribution in [0.2, 0.25) is 0 Å². The van der Waals surface area contributed by atoms with Crippen molar-refractivity contribution in [3.05, 3.63) is 23.8 Å². The molecule has 0 spiro atoms. The van der Waals surface area contributed by atoms with Crippen LogP contribution in [-0.2, 0) is 0 Å².